The fourth-order valence-electron chi connectivity index (χ4n) is 3.80. The number of phenols is 1. The van der Waals surface area contributed by atoms with E-state index < -0.39 is 5.97 Å². The molecule has 0 bridgehead atoms. The summed E-state index contributed by atoms with van der Waals surface area (Å²) in [4.78, 5) is 12.1. The lowest BCUT2D eigenvalue weighted by atomic mass is 9.75. The Morgan fingerprint density at radius 1 is 0.931 bits per heavy atom. The van der Waals surface area contributed by atoms with Crippen LogP contribution in [0.5, 0.6) is 5.75 Å². The quantitative estimate of drug-likeness (QED) is 0.367. The highest BCUT2D eigenvalue weighted by Gasteiger charge is 2.31. The molecule has 166 valence electrons. The summed E-state index contributed by atoms with van der Waals surface area (Å²) in [5.41, 5.74) is 2.00. The number of aromatic carboxylic acids is 1. The van der Waals surface area contributed by atoms with Crippen molar-refractivity contribution in [2.45, 2.75) is 104 Å². The molecule has 0 saturated heterocycles. The van der Waals surface area contributed by atoms with E-state index in [0.29, 0.717) is 17.5 Å². The van der Waals surface area contributed by atoms with Crippen LogP contribution in [0, 0.1) is 0 Å². The smallest absolute Gasteiger partial charge is 0.335 e. The van der Waals surface area contributed by atoms with Crippen molar-refractivity contribution in [3.05, 3.63) is 28.3 Å². The molecule has 0 spiro atoms. The minimum atomic E-state index is -0.906. The predicted octanol–water partition coefficient (Wildman–Crippen LogP) is 7.32. The van der Waals surface area contributed by atoms with Crippen molar-refractivity contribution in [3.8, 4) is 5.75 Å². The maximum absolute atomic E-state index is 12.1. The molecule has 0 unspecified atom stereocenters. The minimum absolute atomic E-state index is 0.269. The van der Waals surface area contributed by atoms with Gasteiger partial charge in [0.05, 0.1) is 5.56 Å². The lowest BCUT2D eigenvalue weighted by molar-refractivity contribution is 0.0695. The molecular weight excluding hydrogens is 380 g/mol. The summed E-state index contributed by atoms with van der Waals surface area (Å²) in [6.45, 7) is 14.4. The number of benzene rings is 1. The van der Waals surface area contributed by atoms with Gasteiger partial charge < -0.3 is 10.2 Å². The summed E-state index contributed by atoms with van der Waals surface area (Å²) in [6, 6.07) is 1.70. The second-order valence-electron chi connectivity index (χ2n) is 10.1. The van der Waals surface area contributed by atoms with Crippen LogP contribution < -0.4 is 0 Å². The van der Waals surface area contributed by atoms with E-state index in [1.54, 1.807) is 6.07 Å². The van der Waals surface area contributed by atoms with E-state index in [2.05, 4.69) is 6.92 Å². The lowest BCUT2D eigenvalue weighted by Crippen LogP contribution is -2.22. The molecule has 0 aromatic heterocycles. The third kappa shape index (κ3) is 7.88. The van der Waals surface area contributed by atoms with Crippen molar-refractivity contribution in [1.82, 2.24) is 0 Å². The SMILES string of the molecule is CCCCCCCCSCCc1c(C(=O)O)cc(C(C)(C)C)c(O)c1C(C)(C)C. The number of aromatic hydroxyl groups is 1. The van der Waals surface area contributed by atoms with Crippen molar-refractivity contribution in [3.63, 3.8) is 0 Å². The number of carboxylic acids is 1. The zero-order valence-electron chi connectivity index (χ0n) is 19.7. The molecule has 0 saturated carbocycles. The topological polar surface area (TPSA) is 57.5 Å². The van der Waals surface area contributed by atoms with Crippen molar-refractivity contribution >= 4 is 17.7 Å². The van der Waals surface area contributed by atoms with Crippen molar-refractivity contribution in [2.75, 3.05) is 11.5 Å². The van der Waals surface area contributed by atoms with Crippen LogP contribution in [0.3, 0.4) is 0 Å². The van der Waals surface area contributed by atoms with Crippen LogP contribution in [0.4, 0.5) is 0 Å². The summed E-state index contributed by atoms with van der Waals surface area (Å²) >= 11 is 1.89. The van der Waals surface area contributed by atoms with Crippen LogP contribution in [0.2, 0.25) is 0 Å². The molecule has 0 aliphatic heterocycles. The van der Waals surface area contributed by atoms with Gasteiger partial charge in [0.1, 0.15) is 5.75 Å². The van der Waals surface area contributed by atoms with Crippen molar-refractivity contribution in [1.29, 1.82) is 0 Å². The van der Waals surface area contributed by atoms with E-state index in [1.165, 1.54) is 38.5 Å². The van der Waals surface area contributed by atoms with E-state index in [1.807, 2.05) is 53.3 Å². The van der Waals surface area contributed by atoms with E-state index in [-0.39, 0.29) is 16.6 Å². The van der Waals surface area contributed by atoms with Gasteiger partial charge in [0.25, 0.3) is 0 Å². The Bertz CT molecular complexity index is 666. The van der Waals surface area contributed by atoms with Gasteiger partial charge >= 0.3 is 5.97 Å². The van der Waals surface area contributed by atoms with Gasteiger partial charge in [0.15, 0.2) is 0 Å². The van der Waals surface area contributed by atoms with Gasteiger partial charge in [-0.1, -0.05) is 80.6 Å². The number of carbonyl (C=O) groups is 1. The van der Waals surface area contributed by atoms with E-state index in [9.17, 15) is 15.0 Å². The number of hydrogen-bond acceptors (Lipinski definition) is 3. The molecule has 0 aliphatic rings. The second-order valence-corrected chi connectivity index (χ2v) is 11.3. The maximum atomic E-state index is 12.1. The Hall–Kier alpha value is -1.16. The van der Waals surface area contributed by atoms with E-state index in [0.717, 1.165) is 22.6 Å². The average Bonchev–Trinajstić information content (AvgIpc) is 2.57. The van der Waals surface area contributed by atoms with E-state index >= 15 is 0 Å². The molecule has 0 atom stereocenters. The third-order valence-corrected chi connectivity index (χ3v) is 6.40. The number of carboxylic acid groups (broad SMARTS) is 1. The number of phenolic OH excluding ortho intramolecular Hbond substituents is 1. The summed E-state index contributed by atoms with van der Waals surface area (Å²) in [5.74, 6) is 1.36. The fraction of sp³-hybridized carbons (Fsp3) is 0.720. The number of thioether (sulfide) groups is 1. The minimum Gasteiger partial charge on any atom is -0.507 e. The first-order valence-corrected chi connectivity index (χ1v) is 12.3. The zero-order valence-corrected chi connectivity index (χ0v) is 20.5. The monoisotopic (exact) mass is 422 g/mol. The first-order valence-electron chi connectivity index (χ1n) is 11.1. The molecule has 3 nitrogen and oxygen atoms in total. The standard InChI is InChI=1S/C25H42O3S/c1-8-9-10-11-12-13-15-29-16-14-18-19(23(27)28)17-20(24(2,3)4)22(26)21(18)25(5,6)7/h17,26H,8-16H2,1-7H3,(H,27,28). The third-order valence-electron chi connectivity index (χ3n) is 5.33. The van der Waals surface area contributed by atoms with Gasteiger partial charge in [-0.05, 0) is 46.8 Å². The van der Waals surface area contributed by atoms with E-state index in [4.69, 9.17) is 0 Å². The zero-order chi connectivity index (χ0) is 22.2. The number of unbranched alkanes of at least 4 members (excludes halogenated alkanes) is 5. The lowest BCUT2D eigenvalue weighted by Gasteiger charge is -2.30. The van der Waals surface area contributed by atoms with Crippen LogP contribution in [0.25, 0.3) is 0 Å². The number of hydrogen-bond donors (Lipinski definition) is 2. The molecule has 4 heteroatoms. The molecule has 1 aromatic carbocycles. The number of rotatable bonds is 11. The highest BCUT2D eigenvalue weighted by atomic mass is 32.2. The van der Waals surface area contributed by atoms with Crippen LogP contribution in [0.15, 0.2) is 6.07 Å². The summed E-state index contributed by atoms with van der Waals surface area (Å²) in [6.07, 6.45) is 8.42. The van der Waals surface area contributed by atoms with Crippen LogP contribution in [-0.4, -0.2) is 27.7 Å². The van der Waals surface area contributed by atoms with Gasteiger partial charge in [0.2, 0.25) is 0 Å². The molecule has 0 fully saturated rings. The summed E-state index contributed by atoms with van der Waals surface area (Å²) < 4.78 is 0. The average molecular weight is 423 g/mol. The van der Waals surface area contributed by atoms with Crippen LogP contribution in [0.1, 0.15) is 114 Å². The van der Waals surface area contributed by atoms with Crippen LogP contribution in [-0.2, 0) is 17.3 Å². The maximum Gasteiger partial charge on any atom is 0.335 e. The summed E-state index contributed by atoms with van der Waals surface area (Å²) in [5, 5.41) is 21.0. The second kappa shape index (κ2) is 11.3. The van der Waals surface area contributed by atoms with Crippen molar-refractivity contribution < 1.29 is 15.0 Å². The normalized spacial score (nSPS) is 12.4. The van der Waals surface area contributed by atoms with Gasteiger partial charge in [0, 0.05) is 11.1 Å². The van der Waals surface area contributed by atoms with Crippen LogP contribution >= 0.6 is 11.8 Å². The Morgan fingerprint density at radius 3 is 2.03 bits per heavy atom. The fourth-order valence-corrected chi connectivity index (χ4v) is 4.76. The molecule has 2 N–H and O–H groups in total. The Morgan fingerprint density at radius 2 is 1.52 bits per heavy atom. The first-order chi connectivity index (χ1) is 13.4. The molecule has 0 heterocycles. The van der Waals surface area contributed by atoms with Gasteiger partial charge in [-0.25, -0.2) is 4.79 Å². The van der Waals surface area contributed by atoms with Gasteiger partial charge in [-0.15, -0.1) is 0 Å². The molecule has 29 heavy (non-hydrogen) atoms. The largest absolute Gasteiger partial charge is 0.507 e. The molecule has 1 rings (SSSR count). The van der Waals surface area contributed by atoms with Crippen molar-refractivity contribution in [2.24, 2.45) is 0 Å². The molecule has 0 aliphatic carbocycles. The molecule has 1 aromatic rings. The Labute approximate surface area is 182 Å². The highest BCUT2D eigenvalue weighted by molar-refractivity contribution is 7.99. The Balaban J connectivity index is 2.98. The highest BCUT2D eigenvalue weighted by Crippen LogP contribution is 2.43. The van der Waals surface area contributed by atoms with Gasteiger partial charge in [-0.2, -0.15) is 11.8 Å². The molecule has 0 amide bonds. The molecule has 0 radical (unpaired) electrons. The first kappa shape index (κ1) is 25.9. The molecular formula is C25H42O3S. The Kier molecular flexibility index (Phi) is 10.1. The summed E-state index contributed by atoms with van der Waals surface area (Å²) in [7, 11) is 0. The van der Waals surface area contributed by atoms with Gasteiger partial charge in [-0.3, -0.25) is 0 Å². The predicted molar refractivity (Wildman–Crippen MR) is 127 cm³/mol.